The van der Waals surface area contributed by atoms with Crippen molar-refractivity contribution < 1.29 is 28.9 Å². The number of benzene rings is 1. The number of hydrogen-bond donors (Lipinski definition) is 1. The van der Waals surface area contributed by atoms with Crippen molar-refractivity contribution in [3.8, 4) is 5.75 Å². The average molecular weight is 364 g/mol. The van der Waals surface area contributed by atoms with Crippen LogP contribution in [-0.4, -0.2) is 36.5 Å². The third kappa shape index (κ3) is 5.46. The lowest BCUT2D eigenvalue weighted by Crippen LogP contribution is -2.36. The van der Waals surface area contributed by atoms with E-state index in [2.05, 4.69) is 20.8 Å². The van der Waals surface area contributed by atoms with Gasteiger partial charge >= 0.3 is 12.1 Å². The van der Waals surface area contributed by atoms with E-state index >= 15 is 0 Å². The van der Waals surface area contributed by atoms with Gasteiger partial charge in [-0.3, -0.25) is 0 Å². The van der Waals surface area contributed by atoms with Gasteiger partial charge in [0.05, 0.1) is 6.61 Å². The van der Waals surface area contributed by atoms with Gasteiger partial charge in [0.1, 0.15) is 24.0 Å². The number of esters is 1. The summed E-state index contributed by atoms with van der Waals surface area (Å²) in [5.41, 5.74) is 0.121. The Morgan fingerprint density at radius 3 is 2.65 bits per heavy atom. The van der Waals surface area contributed by atoms with Gasteiger partial charge in [-0.2, -0.15) is 0 Å². The highest BCUT2D eigenvalue weighted by molar-refractivity contribution is 5.93. The van der Waals surface area contributed by atoms with Gasteiger partial charge in [-0.05, 0) is 42.7 Å². The van der Waals surface area contributed by atoms with Gasteiger partial charge in [0.15, 0.2) is 0 Å². The van der Waals surface area contributed by atoms with Crippen molar-refractivity contribution in [2.75, 3.05) is 13.2 Å². The molecule has 6 heteroatoms. The van der Waals surface area contributed by atoms with Gasteiger partial charge in [-0.15, -0.1) is 0 Å². The van der Waals surface area contributed by atoms with E-state index in [4.69, 9.17) is 19.3 Å². The summed E-state index contributed by atoms with van der Waals surface area (Å²) >= 11 is 0. The smallest absolute Gasteiger partial charge is 0.460 e. The van der Waals surface area contributed by atoms with Crippen LogP contribution in [0.1, 0.15) is 50.4 Å². The lowest BCUT2D eigenvalue weighted by molar-refractivity contribution is -0.0138. The summed E-state index contributed by atoms with van der Waals surface area (Å²) in [4.78, 5) is 24.3. The maximum absolute atomic E-state index is 12.3. The first-order valence-corrected chi connectivity index (χ1v) is 9.17. The number of ether oxygens (including phenoxy) is 3. The molecular formula is C20H28O6. The fourth-order valence-corrected chi connectivity index (χ4v) is 3.43. The van der Waals surface area contributed by atoms with E-state index in [-0.39, 0.29) is 30.6 Å². The monoisotopic (exact) mass is 364 g/mol. The van der Waals surface area contributed by atoms with Crippen molar-refractivity contribution in [1.29, 1.82) is 0 Å². The normalized spacial score (nSPS) is 22.7. The molecule has 0 radical (unpaired) electrons. The molecule has 0 amide bonds. The number of carbonyl (C=O) groups excluding carboxylic acids is 2. The SMILES string of the molecule is CC1CCC(C(C)C)C(OC(=O)Oc2ccccc2C(=O)OCCO)C1. The molecule has 144 valence electrons. The van der Waals surface area contributed by atoms with Crippen LogP contribution in [0.15, 0.2) is 24.3 Å². The number of carbonyl (C=O) groups is 2. The van der Waals surface area contributed by atoms with E-state index < -0.39 is 12.1 Å². The maximum atomic E-state index is 12.3. The standard InChI is InChI=1S/C20H28O6/c1-13(2)15-9-8-14(3)12-18(15)26-20(23)25-17-7-5-4-6-16(17)19(22)24-11-10-21/h4-7,13-15,18,21H,8-12H2,1-3H3. The number of aliphatic hydroxyl groups is 1. The Labute approximate surface area is 154 Å². The van der Waals surface area contributed by atoms with Gasteiger partial charge in [0, 0.05) is 0 Å². The lowest BCUT2D eigenvalue weighted by atomic mass is 9.75. The fourth-order valence-electron chi connectivity index (χ4n) is 3.43. The second kappa shape index (κ2) is 9.57. The second-order valence-corrected chi connectivity index (χ2v) is 7.19. The highest BCUT2D eigenvalue weighted by Gasteiger charge is 2.34. The number of para-hydroxylation sites is 1. The lowest BCUT2D eigenvalue weighted by Gasteiger charge is -2.36. The Morgan fingerprint density at radius 2 is 1.96 bits per heavy atom. The topological polar surface area (TPSA) is 82.1 Å². The molecule has 2 rings (SSSR count). The number of hydrogen-bond acceptors (Lipinski definition) is 6. The van der Waals surface area contributed by atoms with Crippen LogP contribution in [0.5, 0.6) is 5.75 Å². The first-order valence-electron chi connectivity index (χ1n) is 9.17. The van der Waals surface area contributed by atoms with Gasteiger partial charge < -0.3 is 19.3 Å². The Hall–Kier alpha value is -2.08. The summed E-state index contributed by atoms with van der Waals surface area (Å²) in [6, 6.07) is 6.32. The molecule has 6 nitrogen and oxygen atoms in total. The molecule has 1 N–H and O–H groups in total. The summed E-state index contributed by atoms with van der Waals surface area (Å²) in [5, 5.41) is 8.77. The molecule has 1 aromatic carbocycles. The predicted octanol–water partition coefficient (Wildman–Crippen LogP) is 3.81. The van der Waals surface area contributed by atoms with Gasteiger partial charge in [-0.25, -0.2) is 9.59 Å². The quantitative estimate of drug-likeness (QED) is 0.610. The molecule has 0 bridgehead atoms. The van der Waals surface area contributed by atoms with Crippen LogP contribution in [0.4, 0.5) is 4.79 Å². The molecule has 26 heavy (non-hydrogen) atoms. The molecule has 0 heterocycles. The minimum absolute atomic E-state index is 0.0883. The first kappa shape index (κ1) is 20.2. The molecule has 0 aliphatic heterocycles. The van der Waals surface area contributed by atoms with Crippen LogP contribution in [0.2, 0.25) is 0 Å². The van der Waals surface area contributed by atoms with Crippen molar-refractivity contribution in [2.24, 2.45) is 17.8 Å². The molecule has 1 aromatic rings. The average Bonchev–Trinajstić information content (AvgIpc) is 2.59. The third-order valence-electron chi connectivity index (χ3n) is 4.83. The fraction of sp³-hybridized carbons (Fsp3) is 0.600. The zero-order valence-corrected chi connectivity index (χ0v) is 15.6. The van der Waals surface area contributed by atoms with E-state index in [0.29, 0.717) is 17.8 Å². The molecule has 3 atom stereocenters. The molecule has 1 saturated carbocycles. The molecule has 1 aliphatic carbocycles. The number of rotatable bonds is 6. The van der Waals surface area contributed by atoms with Gasteiger partial charge in [0.2, 0.25) is 0 Å². The highest BCUT2D eigenvalue weighted by atomic mass is 16.7. The highest BCUT2D eigenvalue weighted by Crippen LogP contribution is 2.35. The maximum Gasteiger partial charge on any atom is 0.514 e. The third-order valence-corrected chi connectivity index (χ3v) is 4.83. The zero-order valence-electron chi connectivity index (χ0n) is 15.6. The molecule has 0 saturated heterocycles. The van der Waals surface area contributed by atoms with E-state index in [1.165, 1.54) is 12.1 Å². The van der Waals surface area contributed by atoms with E-state index in [0.717, 1.165) is 19.3 Å². The van der Waals surface area contributed by atoms with Crippen molar-refractivity contribution in [3.63, 3.8) is 0 Å². The minimum Gasteiger partial charge on any atom is -0.460 e. The first-order chi connectivity index (χ1) is 12.4. The van der Waals surface area contributed by atoms with Crippen LogP contribution in [0.25, 0.3) is 0 Å². The number of aliphatic hydroxyl groups excluding tert-OH is 1. The summed E-state index contributed by atoms with van der Waals surface area (Å²) in [5.74, 6) is 0.660. The summed E-state index contributed by atoms with van der Waals surface area (Å²) in [6.07, 6.45) is 1.99. The van der Waals surface area contributed by atoms with Crippen LogP contribution in [-0.2, 0) is 9.47 Å². The van der Waals surface area contributed by atoms with Crippen molar-refractivity contribution in [3.05, 3.63) is 29.8 Å². The van der Waals surface area contributed by atoms with E-state index in [1.807, 2.05) is 0 Å². The second-order valence-electron chi connectivity index (χ2n) is 7.19. The van der Waals surface area contributed by atoms with E-state index in [9.17, 15) is 9.59 Å². The molecule has 0 aromatic heterocycles. The Bertz CT molecular complexity index is 612. The zero-order chi connectivity index (χ0) is 19.1. The predicted molar refractivity (Wildman–Crippen MR) is 96.1 cm³/mol. The Kier molecular flexibility index (Phi) is 7.45. The van der Waals surface area contributed by atoms with Crippen LogP contribution in [0.3, 0.4) is 0 Å². The summed E-state index contributed by atoms with van der Waals surface area (Å²) in [6.45, 7) is 6.04. The Morgan fingerprint density at radius 1 is 1.23 bits per heavy atom. The van der Waals surface area contributed by atoms with Crippen LogP contribution in [0, 0.1) is 17.8 Å². The Balaban J connectivity index is 2.04. The van der Waals surface area contributed by atoms with Gasteiger partial charge in [0.25, 0.3) is 0 Å². The molecule has 3 unspecified atom stereocenters. The molecule has 1 fully saturated rings. The van der Waals surface area contributed by atoms with Crippen molar-refractivity contribution in [2.45, 2.75) is 46.1 Å². The molecule has 1 aliphatic rings. The summed E-state index contributed by atoms with van der Waals surface area (Å²) < 4.78 is 15.8. The minimum atomic E-state index is -0.808. The van der Waals surface area contributed by atoms with Gasteiger partial charge in [-0.1, -0.05) is 39.3 Å². The van der Waals surface area contributed by atoms with Crippen molar-refractivity contribution >= 4 is 12.1 Å². The van der Waals surface area contributed by atoms with Crippen molar-refractivity contribution in [1.82, 2.24) is 0 Å². The van der Waals surface area contributed by atoms with E-state index in [1.54, 1.807) is 12.1 Å². The molecule has 0 spiro atoms. The van der Waals surface area contributed by atoms with Crippen LogP contribution < -0.4 is 4.74 Å². The van der Waals surface area contributed by atoms with Crippen LogP contribution >= 0.6 is 0 Å². The summed E-state index contributed by atoms with van der Waals surface area (Å²) in [7, 11) is 0. The molecular weight excluding hydrogens is 336 g/mol. The largest absolute Gasteiger partial charge is 0.514 e.